The molecule has 31 heavy (non-hydrogen) atoms. The van der Waals surface area contributed by atoms with Crippen molar-refractivity contribution in [3.05, 3.63) is 98.8 Å². The number of amides is 1. The third-order valence-electron chi connectivity index (χ3n) is 4.85. The van der Waals surface area contributed by atoms with Crippen molar-refractivity contribution in [1.82, 2.24) is 14.8 Å². The van der Waals surface area contributed by atoms with Crippen LogP contribution in [0.25, 0.3) is 11.3 Å². The van der Waals surface area contributed by atoms with Crippen LogP contribution in [0.5, 0.6) is 0 Å². The standard InChI is InChI=1S/C24H22N4O2S/c1-16-8-10-18(11-9-16)14-21-17(2)25-24(31-21)26-22(29)15-28-23(30)13-12-20(27-28)19-6-4-3-5-7-19/h3-13H,14-15H2,1-2H3,(H,25,26,29). The minimum absolute atomic E-state index is 0.175. The second-order valence-corrected chi connectivity index (χ2v) is 8.40. The molecule has 2 heterocycles. The van der Waals surface area contributed by atoms with Crippen LogP contribution < -0.4 is 10.9 Å². The van der Waals surface area contributed by atoms with Crippen molar-refractivity contribution in [3.63, 3.8) is 0 Å². The minimum atomic E-state index is -0.338. The van der Waals surface area contributed by atoms with Crippen LogP contribution in [-0.2, 0) is 17.8 Å². The highest BCUT2D eigenvalue weighted by Gasteiger charge is 2.13. The van der Waals surface area contributed by atoms with E-state index >= 15 is 0 Å². The van der Waals surface area contributed by atoms with Crippen LogP contribution in [-0.4, -0.2) is 20.7 Å². The van der Waals surface area contributed by atoms with Gasteiger partial charge in [-0.3, -0.25) is 9.59 Å². The van der Waals surface area contributed by atoms with Crippen LogP contribution in [0, 0.1) is 13.8 Å². The average molecular weight is 431 g/mol. The maximum absolute atomic E-state index is 12.6. The van der Waals surface area contributed by atoms with Gasteiger partial charge in [0.25, 0.3) is 5.56 Å². The fourth-order valence-corrected chi connectivity index (χ4v) is 4.17. The normalized spacial score (nSPS) is 10.8. The summed E-state index contributed by atoms with van der Waals surface area (Å²) in [4.78, 5) is 30.3. The molecule has 0 spiro atoms. The number of carbonyl (C=O) groups excluding carboxylic acids is 1. The van der Waals surface area contributed by atoms with E-state index in [9.17, 15) is 9.59 Å². The summed E-state index contributed by atoms with van der Waals surface area (Å²) in [7, 11) is 0. The number of benzene rings is 2. The Morgan fingerprint density at radius 1 is 1.00 bits per heavy atom. The third-order valence-corrected chi connectivity index (χ3v) is 5.93. The maximum Gasteiger partial charge on any atom is 0.267 e. The smallest absolute Gasteiger partial charge is 0.267 e. The van der Waals surface area contributed by atoms with Crippen molar-refractivity contribution >= 4 is 22.4 Å². The van der Waals surface area contributed by atoms with E-state index in [4.69, 9.17) is 0 Å². The van der Waals surface area contributed by atoms with Crippen molar-refractivity contribution in [2.24, 2.45) is 0 Å². The molecule has 0 fully saturated rings. The van der Waals surface area contributed by atoms with Gasteiger partial charge >= 0.3 is 0 Å². The molecule has 4 rings (SSSR count). The molecular weight excluding hydrogens is 408 g/mol. The molecule has 0 saturated carbocycles. The number of nitrogens with zero attached hydrogens (tertiary/aromatic N) is 3. The highest BCUT2D eigenvalue weighted by Crippen LogP contribution is 2.25. The molecule has 0 unspecified atom stereocenters. The van der Waals surface area contributed by atoms with Crippen molar-refractivity contribution in [3.8, 4) is 11.3 Å². The number of aryl methyl sites for hydroxylation is 2. The van der Waals surface area contributed by atoms with E-state index in [1.807, 2.05) is 37.3 Å². The Hall–Kier alpha value is -3.58. The summed E-state index contributed by atoms with van der Waals surface area (Å²) in [6.07, 6.45) is 0.764. The fraction of sp³-hybridized carbons (Fsp3) is 0.167. The quantitative estimate of drug-likeness (QED) is 0.497. The van der Waals surface area contributed by atoms with E-state index in [2.05, 4.69) is 46.6 Å². The van der Waals surface area contributed by atoms with Gasteiger partial charge in [0.1, 0.15) is 6.54 Å². The molecule has 6 nitrogen and oxygen atoms in total. The summed E-state index contributed by atoms with van der Waals surface area (Å²) < 4.78 is 1.17. The van der Waals surface area contributed by atoms with Gasteiger partial charge in [-0.05, 0) is 25.5 Å². The van der Waals surface area contributed by atoms with Gasteiger partial charge in [0.2, 0.25) is 5.91 Å². The summed E-state index contributed by atoms with van der Waals surface area (Å²) in [6.45, 7) is 3.82. The Morgan fingerprint density at radius 3 is 2.48 bits per heavy atom. The van der Waals surface area contributed by atoms with Crippen LogP contribution in [0.3, 0.4) is 0 Å². The number of thiazole rings is 1. The molecule has 1 amide bonds. The topological polar surface area (TPSA) is 76.9 Å². The Kier molecular flexibility index (Phi) is 6.04. The van der Waals surface area contributed by atoms with E-state index in [-0.39, 0.29) is 18.0 Å². The number of rotatable bonds is 6. The molecule has 0 radical (unpaired) electrons. The molecule has 4 aromatic rings. The first-order valence-corrected chi connectivity index (χ1v) is 10.7. The van der Waals surface area contributed by atoms with Crippen LogP contribution >= 0.6 is 11.3 Å². The predicted octanol–water partition coefficient (Wildman–Crippen LogP) is 4.21. The van der Waals surface area contributed by atoms with Crippen molar-refractivity contribution in [2.45, 2.75) is 26.8 Å². The Balaban J connectivity index is 1.46. The molecular formula is C24H22N4O2S. The molecule has 0 aliphatic heterocycles. The third kappa shape index (κ3) is 5.13. The predicted molar refractivity (Wildman–Crippen MR) is 123 cm³/mol. The molecule has 0 aliphatic carbocycles. The molecule has 7 heteroatoms. The Bertz CT molecular complexity index is 1260. The average Bonchev–Trinajstić information content (AvgIpc) is 3.10. The van der Waals surface area contributed by atoms with Gasteiger partial charge in [-0.2, -0.15) is 5.10 Å². The van der Waals surface area contributed by atoms with E-state index in [0.717, 1.165) is 22.6 Å². The van der Waals surface area contributed by atoms with Crippen LogP contribution in [0.2, 0.25) is 0 Å². The first-order chi connectivity index (χ1) is 15.0. The van der Waals surface area contributed by atoms with Gasteiger partial charge in [-0.15, -0.1) is 11.3 Å². The van der Waals surface area contributed by atoms with E-state index in [1.165, 1.54) is 33.2 Å². The second kappa shape index (κ2) is 9.06. The van der Waals surface area contributed by atoms with Gasteiger partial charge in [0.05, 0.1) is 11.4 Å². The molecule has 0 saturated heterocycles. The maximum atomic E-state index is 12.6. The molecule has 1 N–H and O–H groups in total. The summed E-state index contributed by atoms with van der Waals surface area (Å²) >= 11 is 1.45. The van der Waals surface area contributed by atoms with Crippen LogP contribution in [0.1, 0.15) is 21.7 Å². The number of nitrogens with one attached hydrogen (secondary N) is 1. The number of carbonyl (C=O) groups is 1. The van der Waals surface area contributed by atoms with E-state index in [0.29, 0.717) is 10.8 Å². The fourth-order valence-electron chi connectivity index (χ4n) is 3.16. The number of hydrogen-bond donors (Lipinski definition) is 1. The lowest BCUT2D eigenvalue weighted by atomic mass is 10.1. The zero-order valence-corrected chi connectivity index (χ0v) is 18.1. The van der Waals surface area contributed by atoms with E-state index < -0.39 is 0 Å². The molecule has 156 valence electrons. The first-order valence-electron chi connectivity index (χ1n) is 9.93. The summed E-state index contributed by atoms with van der Waals surface area (Å²) in [5.41, 5.74) is 4.50. The zero-order chi connectivity index (χ0) is 21.8. The lowest BCUT2D eigenvalue weighted by Gasteiger charge is -2.07. The van der Waals surface area contributed by atoms with Crippen molar-refractivity contribution in [2.75, 3.05) is 5.32 Å². The van der Waals surface area contributed by atoms with Gasteiger partial charge in [-0.25, -0.2) is 9.67 Å². The van der Waals surface area contributed by atoms with Gasteiger partial charge in [0, 0.05) is 22.9 Å². The Labute approximate surface area is 184 Å². The summed E-state index contributed by atoms with van der Waals surface area (Å²) in [6, 6.07) is 21.0. The molecule has 0 aliphatic rings. The van der Waals surface area contributed by atoms with Crippen LogP contribution in [0.15, 0.2) is 71.5 Å². The lowest BCUT2D eigenvalue weighted by Crippen LogP contribution is -2.29. The highest BCUT2D eigenvalue weighted by atomic mass is 32.1. The molecule has 2 aromatic carbocycles. The Morgan fingerprint density at radius 2 is 1.74 bits per heavy atom. The second-order valence-electron chi connectivity index (χ2n) is 7.32. The summed E-state index contributed by atoms with van der Waals surface area (Å²) in [5, 5.41) is 7.66. The zero-order valence-electron chi connectivity index (χ0n) is 17.3. The van der Waals surface area contributed by atoms with Crippen molar-refractivity contribution < 1.29 is 4.79 Å². The largest absolute Gasteiger partial charge is 0.300 e. The van der Waals surface area contributed by atoms with Gasteiger partial charge in [-0.1, -0.05) is 60.2 Å². The monoisotopic (exact) mass is 430 g/mol. The van der Waals surface area contributed by atoms with E-state index in [1.54, 1.807) is 6.07 Å². The molecule has 0 bridgehead atoms. The molecule has 0 atom stereocenters. The highest BCUT2D eigenvalue weighted by molar-refractivity contribution is 7.15. The van der Waals surface area contributed by atoms with Gasteiger partial charge in [0.15, 0.2) is 5.13 Å². The number of anilines is 1. The number of aromatic nitrogens is 3. The lowest BCUT2D eigenvalue weighted by molar-refractivity contribution is -0.117. The SMILES string of the molecule is Cc1ccc(Cc2sc(NC(=O)Cn3nc(-c4ccccc4)ccc3=O)nc2C)cc1. The number of hydrogen-bond acceptors (Lipinski definition) is 5. The van der Waals surface area contributed by atoms with Crippen molar-refractivity contribution in [1.29, 1.82) is 0 Å². The van der Waals surface area contributed by atoms with Crippen LogP contribution in [0.4, 0.5) is 5.13 Å². The minimum Gasteiger partial charge on any atom is -0.300 e. The first kappa shape index (κ1) is 20.7. The summed E-state index contributed by atoms with van der Waals surface area (Å²) in [5.74, 6) is -0.338. The molecule has 2 aromatic heterocycles. The van der Waals surface area contributed by atoms with Gasteiger partial charge < -0.3 is 5.32 Å².